The molecule has 0 aliphatic rings. The Morgan fingerprint density at radius 2 is 1.84 bits per heavy atom. The van der Waals surface area contributed by atoms with Crippen molar-refractivity contribution < 1.29 is 9.59 Å². The molecule has 0 aliphatic heterocycles. The van der Waals surface area contributed by atoms with Crippen LogP contribution in [-0.4, -0.2) is 17.4 Å². The van der Waals surface area contributed by atoms with Crippen LogP contribution in [0.4, 0.5) is 5.69 Å². The first-order valence-electron chi connectivity index (χ1n) is 6.29. The zero-order chi connectivity index (χ0) is 14.5. The van der Waals surface area contributed by atoms with Crippen molar-refractivity contribution in [3.8, 4) is 0 Å². The van der Waals surface area contributed by atoms with E-state index in [4.69, 9.17) is 5.73 Å². The zero-order valence-electron chi connectivity index (χ0n) is 11.6. The van der Waals surface area contributed by atoms with Crippen molar-refractivity contribution in [3.63, 3.8) is 0 Å². The zero-order valence-corrected chi connectivity index (χ0v) is 11.6. The highest BCUT2D eigenvalue weighted by Gasteiger charge is 2.25. The molecule has 0 saturated heterocycles. The minimum Gasteiger partial charge on any atom is -0.350 e. The van der Waals surface area contributed by atoms with Crippen LogP contribution < -0.4 is 16.4 Å². The van der Waals surface area contributed by atoms with E-state index in [1.165, 1.54) is 6.92 Å². The predicted molar refractivity (Wildman–Crippen MR) is 75.5 cm³/mol. The lowest BCUT2D eigenvalue weighted by molar-refractivity contribution is -0.126. The van der Waals surface area contributed by atoms with Gasteiger partial charge in [0.15, 0.2) is 0 Å². The molecule has 19 heavy (non-hydrogen) atoms. The molecule has 1 atom stereocenters. The molecule has 0 aromatic heterocycles. The van der Waals surface area contributed by atoms with Crippen LogP contribution in [0.5, 0.6) is 0 Å². The standard InChI is InChI=1S/C14H21N3O2/c1-4-14(3,15)13(19)16-9-11-5-7-12(8-6-11)17-10(2)18/h5-8H,4,9,15H2,1-3H3,(H,16,19)(H,17,18). The summed E-state index contributed by atoms with van der Waals surface area (Å²) in [4.78, 5) is 22.7. The molecule has 5 nitrogen and oxygen atoms in total. The maximum atomic E-state index is 11.8. The van der Waals surface area contributed by atoms with Crippen molar-refractivity contribution in [3.05, 3.63) is 29.8 Å². The van der Waals surface area contributed by atoms with Crippen LogP contribution in [0.25, 0.3) is 0 Å². The number of carbonyl (C=O) groups is 2. The second kappa shape index (κ2) is 6.33. The Morgan fingerprint density at radius 1 is 1.26 bits per heavy atom. The smallest absolute Gasteiger partial charge is 0.240 e. The Bertz CT molecular complexity index is 452. The second-order valence-electron chi connectivity index (χ2n) is 4.83. The summed E-state index contributed by atoms with van der Waals surface area (Å²) in [6, 6.07) is 7.30. The quantitative estimate of drug-likeness (QED) is 0.750. The largest absolute Gasteiger partial charge is 0.350 e. The van der Waals surface area contributed by atoms with Gasteiger partial charge in [0.05, 0.1) is 5.54 Å². The number of nitrogens with two attached hydrogens (primary N) is 1. The number of anilines is 1. The number of carbonyl (C=O) groups excluding carboxylic acids is 2. The van der Waals surface area contributed by atoms with Crippen LogP contribution in [0, 0.1) is 0 Å². The third-order valence-electron chi connectivity index (χ3n) is 2.98. The molecule has 0 radical (unpaired) electrons. The van der Waals surface area contributed by atoms with Gasteiger partial charge in [-0.05, 0) is 31.0 Å². The minimum absolute atomic E-state index is 0.108. The fourth-order valence-corrected chi connectivity index (χ4v) is 1.45. The molecule has 0 bridgehead atoms. The highest BCUT2D eigenvalue weighted by molar-refractivity contribution is 5.88. The molecular weight excluding hydrogens is 242 g/mol. The Labute approximate surface area is 113 Å². The van der Waals surface area contributed by atoms with E-state index in [2.05, 4.69) is 10.6 Å². The van der Waals surface area contributed by atoms with Crippen molar-refractivity contribution in [2.75, 3.05) is 5.32 Å². The Kier molecular flexibility index (Phi) is 5.06. The van der Waals surface area contributed by atoms with Crippen LogP contribution in [0.3, 0.4) is 0 Å². The molecule has 2 amide bonds. The summed E-state index contributed by atoms with van der Waals surface area (Å²) >= 11 is 0. The van der Waals surface area contributed by atoms with Gasteiger partial charge in [0.25, 0.3) is 0 Å². The molecule has 1 aromatic rings. The molecule has 0 fully saturated rings. The highest BCUT2D eigenvalue weighted by Crippen LogP contribution is 2.10. The molecule has 1 unspecified atom stereocenters. The lowest BCUT2D eigenvalue weighted by atomic mass is 9.99. The molecule has 0 aliphatic carbocycles. The molecular formula is C14H21N3O2. The number of amides is 2. The normalized spacial score (nSPS) is 13.5. The van der Waals surface area contributed by atoms with E-state index in [1.54, 1.807) is 19.1 Å². The summed E-state index contributed by atoms with van der Waals surface area (Å²) in [7, 11) is 0. The van der Waals surface area contributed by atoms with Gasteiger partial charge < -0.3 is 16.4 Å². The maximum absolute atomic E-state index is 11.8. The van der Waals surface area contributed by atoms with Crippen LogP contribution in [0.1, 0.15) is 32.8 Å². The molecule has 0 saturated carbocycles. The second-order valence-corrected chi connectivity index (χ2v) is 4.83. The molecule has 1 aromatic carbocycles. The van der Waals surface area contributed by atoms with Gasteiger partial charge in [-0.15, -0.1) is 0 Å². The van der Waals surface area contributed by atoms with Crippen LogP contribution in [0.2, 0.25) is 0 Å². The first kappa shape index (κ1) is 15.2. The molecule has 0 spiro atoms. The van der Waals surface area contributed by atoms with Gasteiger partial charge in [-0.25, -0.2) is 0 Å². The lowest BCUT2D eigenvalue weighted by Crippen LogP contribution is -2.50. The van der Waals surface area contributed by atoms with Crippen LogP contribution >= 0.6 is 0 Å². The van der Waals surface area contributed by atoms with Gasteiger partial charge in [0, 0.05) is 19.2 Å². The van der Waals surface area contributed by atoms with Crippen molar-refractivity contribution in [2.45, 2.75) is 39.3 Å². The fraction of sp³-hybridized carbons (Fsp3) is 0.429. The lowest BCUT2D eigenvalue weighted by Gasteiger charge is -2.21. The van der Waals surface area contributed by atoms with Crippen molar-refractivity contribution in [1.29, 1.82) is 0 Å². The van der Waals surface area contributed by atoms with E-state index in [9.17, 15) is 9.59 Å². The van der Waals surface area contributed by atoms with Crippen molar-refractivity contribution in [1.82, 2.24) is 5.32 Å². The minimum atomic E-state index is -0.837. The summed E-state index contributed by atoms with van der Waals surface area (Å²) in [5, 5.41) is 5.48. The van der Waals surface area contributed by atoms with Gasteiger partial charge in [-0.1, -0.05) is 19.1 Å². The number of hydrogen-bond donors (Lipinski definition) is 3. The number of rotatable bonds is 5. The summed E-state index contributed by atoms with van der Waals surface area (Å²) in [5.74, 6) is -0.274. The first-order valence-corrected chi connectivity index (χ1v) is 6.29. The topological polar surface area (TPSA) is 84.2 Å². The Morgan fingerprint density at radius 3 is 2.32 bits per heavy atom. The van der Waals surface area contributed by atoms with Crippen LogP contribution in [-0.2, 0) is 16.1 Å². The molecule has 0 heterocycles. The maximum Gasteiger partial charge on any atom is 0.240 e. The molecule has 1 rings (SSSR count). The average molecular weight is 263 g/mol. The third kappa shape index (κ3) is 4.71. The number of benzene rings is 1. The van der Waals surface area contributed by atoms with Crippen LogP contribution in [0.15, 0.2) is 24.3 Å². The van der Waals surface area contributed by atoms with E-state index in [1.807, 2.05) is 19.1 Å². The monoisotopic (exact) mass is 263 g/mol. The average Bonchev–Trinajstić information content (AvgIpc) is 2.36. The number of nitrogens with one attached hydrogen (secondary N) is 2. The van der Waals surface area contributed by atoms with E-state index < -0.39 is 5.54 Å². The van der Waals surface area contributed by atoms with Gasteiger partial charge in [0.2, 0.25) is 11.8 Å². The Balaban J connectivity index is 2.55. The number of hydrogen-bond acceptors (Lipinski definition) is 3. The SMILES string of the molecule is CCC(C)(N)C(=O)NCc1ccc(NC(C)=O)cc1. The predicted octanol–water partition coefficient (Wildman–Crippen LogP) is 1.39. The van der Waals surface area contributed by atoms with Crippen molar-refractivity contribution >= 4 is 17.5 Å². The first-order chi connectivity index (χ1) is 8.85. The molecule has 104 valence electrons. The summed E-state index contributed by atoms with van der Waals surface area (Å²) in [6.45, 7) is 5.47. The van der Waals surface area contributed by atoms with E-state index in [-0.39, 0.29) is 11.8 Å². The molecule has 5 heteroatoms. The third-order valence-corrected chi connectivity index (χ3v) is 2.98. The summed E-state index contributed by atoms with van der Waals surface area (Å²) < 4.78 is 0. The van der Waals surface area contributed by atoms with Gasteiger partial charge >= 0.3 is 0 Å². The van der Waals surface area contributed by atoms with E-state index >= 15 is 0 Å². The van der Waals surface area contributed by atoms with E-state index in [0.717, 1.165) is 11.3 Å². The molecule has 4 N–H and O–H groups in total. The van der Waals surface area contributed by atoms with E-state index in [0.29, 0.717) is 13.0 Å². The fourth-order valence-electron chi connectivity index (χ4n) is 1.45. The summed E-state index contributed by atoms with van der Waals surface area (Å²) in [6.07, 6.45) is 0.584. The van der Waals surface area contributed by atoms with Gasteiger partial charge in [-0.2, -0.15) is 0 Å². The van der Waals surface area contributed by atoms with Gasteiger partial charge in [0.1, 0.15) is 0 Å². The summed E-state index contributed by atoms with van der Waals surface area (Å²) in [5.41, 5.74) is 6.69. The van der Waals surface area contributed by atoms with Gasteiger partial charge in [-0.3, -0.25) is 9.59 Å². The Hall–Kier alpha value is -1.88. The highest BCUT2D eigenvalue weighted by atomic mass is 16.2. The van der Waals surface area contributed by atoms with Crippen molar-refractivity contribution in [2.24, 2.45) is 5.73 Å².